The van der Waals surface area contributed by atoms with Crippen molar-refractivity contribution in [1.29, 1.82) is 0 Å². The molecule has 1 atom stereocenters. The SMILES string of the molecule is CCNC(=O)NC(=O)C(C)NCCCN1CCCC1. The molecule has 1 fully saturated rings. The molecule has 0 aromatic heterocycles. The number of imide groups is 1. The monoisotopic (exact) mass is 270 g/mol. The van der Waals surface area contributed by atoms with Crippen molar-refractivity contribution in [1.82, 2.24) is 20.9 Å². The fourth-order valence-corrected chi connectivity index (χ4v) is 2.15. The van der Waals surface area contributed by atoms with E-state index in [0.717, 1.165) is 19.5 Å². The van der Waals surface area contributed by atoms with Gasteiger partial charge < -0.3 is 15.5 Å². The van der Waals surface area contributed by atoms with E-state index in [9.17, 15) is 9.59 Å². The zero-order valence-corrected chi connectivity index (χ0v) is 12.0. The third-order valence-electron chi connectivity index (χ3n) is 3.27. The van der Waals surface area contributed by atoms with E-state index >= 15 is 0 Å². The second-order valence-corrected chi connectivity index (χ2v) is 4.93. The second kappa shape index (κ2) is 8.87. The minimum absolute atomic E-state index is 0.285. The molecule has 1 unspecified atom stereocenters. The lowest BCUT2D eigenvalue weighted by Gasteiger charge is -2.16. The fraction of sp³-hybridized carbons (Fsp3) is 0.846. The standard InChI is InChI=1S/C13H26N4O2/c1-3-14-13(19)16-12(18)11(2)15-7-6-10-17-8-4-5-9-17/h11,15H,3-10H2,1-2H3,(H2,14,16,18,19). The summed E-state index contributed by atoms with van der Waals surface area (Å²) in [7, 11) is 0. The molecule has 3 amide bonds. The maximum Gasteiger partial charge on any atom is 0.321 e. The Balaban J connectivity index is 2.07. The van der Waals surface area contributed by atoms with Gasteiger partial charge in [-0.1, -0.05) is 0 Å². The van der Waals surface area contributed by atoms with Crippen molar-refractivity contribution in [3.8, 4) is 0 Å². The van der Waals surface area contributed by atoms with Gasteiger partial charge in [0.15, 0.2) is 0 Å². The van der Waals surface area contributed by atoms with Crippen molar-refractivity contribution in [3.05, 3.63) is 0 Å². The lowest BCUT2D eigenvalue weighted by molar-refractivity contribution is -0.121. The van der Waals surface area contributed by atoms with Gasteiger partial charge in [-0.2, -0.15) is 0 Å². The lowest BCUT2D eigenvalue weighted by Crippen LogP contribution is -2.48. The quantitative estimate of drug-likeness (QED) is 0.582. The Morgan fingerprint density at radius 1 is 1.26 bits per heavy atom. The first-order valence-corrected chi connectivity index (χ1v) is 7.18. The average molecular weight is 270 g/mol. The minimum Gasteiger partial charge on any atom is -0.338 e. The van der Waals surface area contributed by atoms with Crippen LogP contribution in [-0.4, -0.2) is 55.6 Å². The summed E-state index contributed by atoms with van der Waals surface area (Å²) in [6.07, 6.45) is 3.64. The van der Waals surface area contributed by atoms with E-state index < -0.39 is 6.03 Å². The molecule has 1 rings (SSSR count). The predicted molar refractivity (Wildman–Crippen MR) is 75.0 cm³/mol. The highest BCUT2D eigenvalue weighted by atomic mass is 16.2. The molecule has 1 aliphatic heterocycles. The zero-order valence-electron chi connectivity index (χ0n) is 12.0. The predicted octanol–water partition coefficient (Wildman–Crippen LogP) is 0.296. The van der Waals surface area contributed by atoms with E-state index in [1.807, 2.05) is 6.92 Å². The molecule has 1 heterocycles. The van der Waals surface area contributed by atoms with Gasteiger partial charge in [0.2, 0.25) is 5.91 Å². The highest BCUT2D eigenvalue weighted by molar-refractivity contribution is 5.96. The first kappa shape index (κ1) is 15.9. The third-order valence-corrected chi connectivity index (χ3v) is 3.27. The molecule has 1 aliphatic rings. The van der Waals surface area contributed by atoms with Crippen LogP contribution in [-0.2, 0) is 4.79 Å². The Bertz CT molecular complexity index is 290. The summed E-state index contributed by atoms with van der Waals surface area (Å²) in [5.41, 5.74) is 0. The van der Waals surface area contributed by atoms with Crippen LogP contribution in [0.2, 0.25) is 0 Å². The number of nitrogens with zero attached hydrogens (tertiary/aromatic N) is 1. The number of amides is 3. The Morgan fingerprint density at radius 3 is 2.58 bits per heavy atom. The van der Waals surface area contributed by atoms with Crippen LogP contribution in [0.4, 0.5) is 4.79 Å². The van der Waals surface area contributed by atoms with E-state index in [0.29, 0.717) is 6.54 Å². The lowest BCUT2D eigenvalue weighted by atomic mass is 10.3. The molecule has 0 radical (unpaired) electrons. The second-order valence-electron chi connectivity index (χ2n) is 4.93. The van der Waals surface area contributed by atoms with E-state index in [4.69, 9.17) is 0 Å². The molecule has 0 spiro atoms. The fourth-order valence-electron chi connectivity index (χ4n) is 2.15. The van der Waals surface area contributed by atoms with E-state index in [2.05, 4.69) is 20.9 Å². The van der Waals surface area contributed by atoms with Crippen LogP contribution in [0.5, 0.6) is 0 Å². The summed E-state index contributed by atoms with van der Waals surface area (Å²) < 4.78 is 0. The largest absolute Gasteiger partial charge is 0.338 e. The molecule has 6 heteroatoms. The summed E-state index contributed by atoms with van der Waals surface area (Å²) in [4.78, 5) is 25.3. The van der Waals surface area contributed by atoms with Gasteiger partial charge in [0.05, 0.1) is 6.04 Å². The van der Waals surface area contributed by atoms with Crippen LogP contribution in [0.3, 0.4) is 0 Å². The topological polar surface area (TPSA) is 73.5 Å². The number of hydrogen-bond acceptors (Lipinski definition) is 4. The van der Waals surface area contributed by atoms with E-state index in [1.165, 1.54) is 25.9 Å². The van der Waals surface area contributed by atoms with Crippen molar-refractivity contribution in [3.63, 3.8) is 0 Å². The maximum atomic E-state index is 11.6. The molecule has 6 nitrogen and oxygen atoms in total. The summed E-state index contributed by atoms with van der Waals surface area (Å²) in [5, 5.41) is 7.97. The molecular weight excluding hydrogens is 244 g/mol. The van der Waals surface area contributed by atoms with Crippen LogP contribution in [0.1, 0.15) is 33.1 Å². The van der Waals surface area contributed by atoms with Crippen molar-refractivity contribution >= 4 is 11.9 Å². The Hall–Kier alpha value is -1.14. The number of hydrogen-bond donors (Lipinski definition) is 3. The van der Waals surface area contributed by atoms with Crippen molar-refractivity contribution in [2.24, 2.45) is 0 Å². The third kappa shape index (κ3) is 6.54. The summed E-state index contributed by atoms with van der Waals surface area (Å²) in [5.74, 6) is -0.285. The Morgan fingerprint density at radius 2 is 1.95 bits per heavy atom. The molecule has 0 aromatic rings. The summed E-state index contributed by atoms with van der Waals surface area (Å²) in [6.45, 7) is 8.36. The van der Waals surface area contributed by atoms with Gasteiger partial charge >= 0.3 is 6.03 Å². The smallest absolute Gasteiger partial charge is 0.321 e. The van der Waals surface area contributed by atoms with Gasteiger partial charge in [0.25, 0.3) is 0 Å². The molecule has 110 valence electrons. The average Bonchev–Trinajstić information content (AvgIpc) is 2.87. The first-order chi connectivity index (χ1) is 9.13. The highest BCUT2D eigenvalue weighted by Gasteiger charge is 2.15. The van der Waals surface area contributed by atoms with Gasteiger partial charge in [-0.3, -0.25) is 10.1 Å². The van der Waals surface area contributed by atoms with Crippen molar-refractivity contribution in [2.45, 2.75) is 39.2 Å². The molecule has 0 aliphatic carbocycles. The molecule has 0 aromatic carbocycles. The number of carbonyl (C=O) groups excluding carboxylic acids is 2. The van der Waals surface area contributed by atoms with Crippen LogP contribution in [0, 0.1) is 0 Å². The van der Waals surface area contributed by atoms with Crippen LogP contribution >= 0.6 is 0 Å². The summed E-state index contributed by atoms with van der Waals surface area (Å²) >= 11 is 0. The highest BCUT2D eigenvalue weighted by Crippen LogP contribution is 2.06. The Labute approximate surface area is 115 Å². The molecular formula is C13H26N4O2. The summed E-state index contributed by atoms with van der Waals surface area (Å²) in [6, 6.07) is -0.778. The molecule has 3 N–H and O–H groups in total. The molecule has 0 bridgehead atoms. The van der Waals surface area contributed by atoms with Crippen molar-refractivity contribution < 1.29 is 9.59 Å². The molecule has 0 saturated carbocycles. The molecule has 1 saturated heterocycles. The molecule has 19 heavy (non-hydrogen) atoms. The van der Waals surface area contributed by atoms with Crippen LogP contribution in [0.15, 0.2) is 0 Å². The van der Waals surface area contributed by atoms with Crippen LogP contribution in [0.25, 0.3) is 0 Å². The maximum absolute atomic E-state index is 11.6. The minimum atomic E-state index is -0.432. The van der Waals surface area contributed by atoms with Crippen molar-refractivity contribution in [2.75, 3.05) is 32.7 Å². The van der Waals surface area contributed by atoms with Gasteiger partial charge in [0, 0.05) is 6.54 Å². The van der Waals surface area contributed by atoms with Gasteiger partial charge in [0.1, 0.15) is 0 Å². The zero-order chi connectivity index (χ0) is 14.1. The number of nitrogens with one attached hydrogen (secondary N) is 3. The van der Waals surface area contributed by atoms with Gasteiger partial charge in [-0.05, 0) is 59.3 Å². The number of rotatable bonds is 7. The van der Waals surface area contributed by atoms with E-state index in [1.54, 1.807) is 6.92 Å². The first-order valence-electron chi connectivity index (χ1n) is 7.18. The number of urea groups is 1. The van der Waals surface area contributed by atoms with Crippen LogP contribution < -0.4 is 16.0 Å². The number of likely N-dealkylation sites (tertiary alicyclic amines) is 1. The normalized spacial score (nSPS) is 17.2. The van der Waals surface area contributed by atoms with Gasteiger partial charge in [-0.15, -0.1) is 0 Å². The van der Waals surface area contributed by atoms with E-state index in [-0.39, 0.29) is 11.9 Å². The Kier molecular flexibility index (Phi) is 7.43. The van der Waals surface area contributed by atoms with Gasteiger partial charge in [-0.25, -0.2) is 4.79 Å². The number of carbonyl (C=O) groups is 2.